The van der Waals surface area contributed by atoms with Gasteiger partial charge in [-0.1, -0.05) is 23.7 Å². The monoisotopic (exact) mass is 323 g/mol. The van der Waals surface area contributed by atoms with Gasteiger partial charge in [-0.2, -0.15) is 0 Å². The summed E-state index contributed by atoms with van der Waals surface area (Å²) in [5.74, 6) is 0.235. The molecule has 0 unspecified atom stereocenters. The standard InChI is InChI=1S/C17H22ClNO3/c1-16(2,3)22-15(21)19-11-17(10-13(17)7-8-20)12-5-4-6-14(18)9-12/h4-6,8-9,13H,7,10-11H2,1-3H3,(H,19,21)/t13-,17-/m1/s1. The minimum absolute atomic E-state index is 0.220. The van der Waals surface area contributed by atoms with Gasteiger partial charge in [0.15, 0.2) is 0 Å². The third-order valence-corrected chi connectivity index (χ3v) is 4.19. The highest BCUT2D eigenvalue weighted by molar-refractivity contribution is 6.30. The van der Waals surface area contributed by atoms with E-state index in [1.807, 2.05) is 45.0 Å². The van der Waals surface area contributed by atoms with E-state index in [1.54, 1.807) is 0 Å². The average molecular weight is 324 g/mol. The summed E-state index contributed by atoms with van der Waals surface area (Å²) in [5, 5.41) is 3.49. The summed E-state index contributed by atoms with van der Waals surface area (Å²) in [7, 11) is 0. The second-order valence-electron chi connectivity index (χ2n) is 6.83. The van der Waals surface area contributed by atoms with Crippen LogP contribution in [0.3, 0.4) is 0 Å². The fraction of sp³-hybridized carbons (Fsp3) is 0.529. The highest BCUT2D eigenvalue weighted by Crippen LogP contribution is 2.55. The number of aldehydes is 1. The number of ether oxygens (including phenoxy) is 1. The average Bonchev–Trinajstić information content (AvgIpc) is 3.10. The third-order valence-electron chi connectivity index (χ3n) is 3.96. The topological polar surface area (TPSA) is 55.4 Å². The fourth-order valence-corrected chi connectivity index (χ4v) is 3.01. The molecule has 22 heavy (non-hydrogen) atoms. The second-order valence-corrected chi connectivity index (χ2v) is 7.26. The molecule has 1 saturated carbocycles. The van der Waals surface area contributed by atoms with Crippen LogP contribution in [0.4, 0.5) is 4.79 Å². The van der Waals surface area contributed by atoms with Crippen LogP contribution in [0.5, 0.6) is 0 Å². The molecule has 5 heteroatoms. The molecule has 2 atom stereocenters. The first-order valence-corrected chi connectivity index (χ1v) is 7.81. The minimum Gasteiger partial charge on any atom is -0.444 e. The summed E-state index contributed by atoms with van der Waals surface area (Å²) >= 11 is 6.07. The zero-order chi connectivity index (χ0) is 16.4. The van der Waals surface area contributed by atoms with Gasteiger partial charge in [0, 0.05) is 23.4 Å². The predicted octanol–water partition coefficient (Wildman–Crippen LogP) is 3.71. The summed E-state index contributed by atoms with van der Waals surface area (Å²) in [4.78, 5) is 22.7. The van der Waals surface area contributed by atoms with E-state index in [9.17, 15) is 9.59 Å². The lowest BCUT2D eigenvalue weighted by atomic mass is 9.92. The highest BCUT2D eigenvalue weighted by Gasteiger charge is 2.54. The van der Waals surface area contributed by atoms with Crippen molar-refractivity contribution in [2.75, 3.05) is 6.54 Å². The zero-order valence-electron chi connectivity index (χ0n) is 13.2. The molecule has 0 saturated heterocycles. The van der Waals surface area contributed by atoms with E-state index in [2.05, 4.69) is 5.32 Å². The molecule has 0 aromatic heterocycles. The van der Waals surface area contributed by atoms with Crippen molar-refractivity contribution in [1.29, 1.82) is 0 Å². The Bertz CT molecular complexity index is 567. The molecule has 1 fully saturated rings. The van der Waals surface area contributed by atoms with Gasteiger partial charge in [0.1, 0.15) is 11.9 Å². The van der Waals surface area contributed by atoms with Crippen LogP contribution in [-0.4, -0.2) is 24.5 Å². The van der Waals surface area contributed by atoms with Crippen molar-refractivity contribution in [1.82, 2.24) is 5.32 Å². The molecular weight excluding hydrogens is 302 g/mol. The van der Waals surface area contributed by atoms with Gasteiger partial charge in [-0.15, -0.1) is 0 Å². The number of hydrogen-bond donors (Lipinski definition) is 1. The lowest BCUT2D eigenvalue weighted by Gasteiger charge is -2.23. The van der Waals surface area contributed by atoms with Crippen LogP contribution in [-0.2, 0) is 14.9 Å². The van der Waals surface area contributed by atoms with Crippen LogP contribution < -0.4 is 5.32 Å². The molecule has 1 N–H and O–H groups in total. The van der Waals surface area contributed by atoms with E-state index < -0.39 is 11.7 Å². The highest BCUT2D eigenvalue weighted by atomic mass is 35.5. The normalized spacial score (nSPS) is 23.7. The molecule has 0 radical (unpaired) electrons. The molecule has 0 heterocycles. The number of halogens is 1. The molecule has 1 aromatic carbocycles. The van der Waals surface area contributed by atoms with Gasteiger partial charge in [-0.25, -0.2) is 4.79 Å². The van der Waals surface area contributed by atoms with Crippen LogP contribution in [0.15, 0.2) is 24.3 Å². The maximum atomic E-state index is 11.9. The van der Waals surface area contributed by atoms with E-state index in [0.717, 1.165) is 18.3 Å². The van der Waals surface area contributed by atoms with E-state index in [-0.39, 0.29) is 11.3 Å². The molecular formula is C17H22ClNO3. The lowest BCUT2D eigenvalue weighted by molar-refractivity contribution is -0.108. The first-order valence-electron chi connectivity index (χ1n) is 7.43. The van der Waals surface area contributed by atoms with Gasteiger partial charge in [0.25, 0.3) is 0 Å². The molecule has 0 spiro atoms. The van der Waals surface area contributed by atoms with Crippen molar-refractivity contribution < 1.29 is 14.3 Å². The number of rotatable bonds is 5. The molecule has 0 bridgehead atoms. The molecule has 1 aromatic rings. The molecule has 4 nitrogen and oxygen atoms in total. The Kier molecular flexibility index (Phi) is 4.81. The fourth-order valence-electron chi connectivity index (χ4n) is 2.82. The van der Waals surface area contributed by atoms with Gasteiger partial charge < -0.3 is 14.8 Å². The van der Waals surface area contributed by atoms with Crippen molar-refractivity contribution in [2.45, 2.75) is 44.6 Å². The number of hydrogen-bond acceptors (Lipinski definition) is 3. The Balaban J connectivity index is 2.08. The van der Waals surface area contributed by atoms with E-state index >= 15 is 0 Å². The number of carbonyl (C=O) groups is 2. The summed E-state index contributed by atoms with van der Waals surface area (Å²) in [6.07, 6.45) is 1.85. The van der Waals surface area contributed by atoms with Crippen molar-refractivity contribution in [3.8, 4) is 0 Å². The summed E-state index contributed by atoms with van der Waals surface area (Å²) in [6.45, 7) is 5.92. The van der Waals surface area contributed by atoms with Gasteiger partial charge >= 0.3 is 6.09 Å². The molecule has 0 aliphatic heterocycles. The largest absolute Gasteiger partial charge is 0.444 e. The zero-order valence-corrected chi connectivity index (χ0v) is 13.9. The van der Waals surface area contributed by atoms with Crippen LogP contribution in [0.1, 0.15) is 39.2 Å². The summed E-state index contributed by atoms with van der Waals surface area (Å²) < 4.78 is 5.27. The third kappa shape index (κ3) is 4.01. The number of nitrogens with one attached hydrogen (secondary N) is 1. The number of alkyl carbamates (subject to hydrolysis) is 1. The molecule has 1 aliphatic carbocycles. The maximum absolute atomic E-state index is 11.9. The molecule has 1 aliphatic rings. The smallest absolute Gasteiger partial charge is 0.407 e. The Morgan fingerprint density at radius 3 is 2.82 bits per heavy atom. The molecule has 2 rings (SSSR count). The van der Waals surface area contributed by atoms with Crippen molar-refractivity contribution in [2.24, 2.45) is 5.92 Å². The predicted molar refractivity (Wildman–Crippen MR) is 86.2 cm³/mol. The van der Waals surface area contributed by atoms with Crippen molar-refractivity contribution >= 4 is 24.0 Å². The Hall–Kier alpha value is -1.55. The van der Waals surface area contributed by atoms with Crippen molar-refractivity contribution in [3.05, 3.63) is 34.9 Å². The number of benzene rings is 1. The Morgan fingerprint density at radius 1 is 1.50 bits per heavy atom. The quantitative estimate of drug-likeness (QED) is 0.840. The number of amides is 1. The van der Waals surface area contributed by atoms with E-state index in [4.69, 9.17) is 16.3 Å². The number of carbonyl (C=O) groups excluding carboxylic acids is 2. The Morgan fingerprint density at radius 2 is 2.23 bits per heavy atom. The van der Waals surface area contributed by atoms with E-state index in [0.29, 0.717) is 18.0 Å². The van der Waals surface area contributed by atoms with Gasteiger partial charge in [-0.05, 0) is 50.8 Å². The van der Waals surface area contributed by atoms with Crippen LogP contribution in [0.25, 0.3) is 0 Å². The molecule has 120 valence electrons. The van der Waals surface area contributed by atoms with Crippen LogP contribution >= 0.6 is 11.6 Å². The lowest BCUT2D eigenvalue weighted by Crippen LogP contribution is -2.37. The SMILES string of the molecule is CC(C)(C)OC(=O)NC[C@@]1(c2cccc(Cl)c2)C[C@H]1CC=O. The van der Waals surface area contributed by atoms with Crippen molar-refractivity contribution in [3.63, 3.8) is 0 Å². The first kappa shape index (κ1) is 16.8. The van der Waals surface area contributed by atoms with Crippen LogP contribution in [0, 0.1) is 5.92 Å². The molecule has 1 amide bonds. The minimum atomic E-state index is -0.529. The van der Waals surface area contributed by atoms with Gasteiger partial charge in [0.05, 0.1) is 0 Å². The Labute approximate surface area is 136 Å². The summed E-state index contributed by atoms with van der Waals surface area (Å²) in [5.41, 5.74) is 0.310. The van der Waals surface area contributed by atoms with Gasteiger partial charge in [0.2, 0.25) is 0 Å². The van der Waals surface area contributed by atoms with E-state index in [1.165, 1.54) is 0 Å². The first-order chi connectivity index (χ1) is 10.3. The maximum Gasteiger partial charge on any atom is 0.407 e. The van der Waals surface area contributed by atoms with Crippen LogP contribution in [0.2, 0.25) is 5.02 Å². The van der Waals surface area contributed by atoms with Gasteiger partial charge in [-0.3, -0.25) is 0 Å². The summed E-state index contributed by atoms with van der Waals surface area (Å²) in [6, 6.07) is 7.61. The second kappa shape index (κ2) is 6.29.